The first kappa shape index (κ1) is 16.0. The van der Waals surface area contributed by atoms with Crippen LogP contribution in [-0.4, -0.2) is 10.9 Å². The third-order valence-corrected chi connectivity index (χ3v) is 3.80. The average molecular weight is 338 g/mol. The summed E-state index contributed by atoms with van der Waals surface area (Å²) in [7, 11) is 0. The first-order chi connectivity index (χ1) is 11.6. The number of anilines is 3. The van der Waals surface area contributed by atoms with Gasteiger partial charge in [-0.05, 0) is 55.0 Å². The highest BCUT2D eigenvalue weighted by atomic mass is 35.5. The Balaban J connectivity index is 1.84. The summed E-state index contributed by atoms with van der Waals surface area (Å²) in [6.07, 6.45) is 1.64. The maximum Gasteiger partial charge on any atom is 0.259 e. The number of nitrogens with zero attached hydrogens (tertiary/aromatic N) is 1. The molecular weight excluding hydrogens is 322 g/mol. The normalized spacial score (nSPS) is 10.2. The molecule has 0 aliphatic rings. The summed E-state index contributed by atoms with van der Waals surface area (Å²) in [6, 6.07) is 18.3. The molecule has 4 nitrogen and oxygen atoms in total. The van der Waals surface area contributed by atoms with Crippen molar-refractivity contribution in [1.82, 2.24) is 4.98 Å². The number of halogens is 1. The van der Waals surface area contributed by atoms with Gasteiger partial charge in [-0.1, -0.05) is 29.8 Å². The van der Waals surface area contributed by atoms with Gasteiger partial charge in [0, 0.05) is 22.6 Å². The van der Waals surface area contributed by atoms with E-state index < -0.39 is 0 Å². The molecule has 2 N–H and O–H groups in total. The number of nitrogens with one attached hydrogen (secondary N) is 2. The van der Waals surface area contributed by atoms with E-state index in [1.165, 1.54) is 0 Å². The quantitative estimate of drug-likeness (QED) is 0.701. The summed E-state index contributed by atoms with van der Waals surface area (Å²) in [4.78, 5) is 16.9. The van der Waals surface area contributed by atoms with Gasteiger partial charge in [0.05, 0.1) is 5.56 Å². The number of para-hydroxylation sites is 1. The highest BCUT2D eigenvalue weighted by Gasteiger charge is 2.13. The van der Waals surface area contributed by atoms with Crippen LogP contribution in [0.1, 0.15) is 15.9 Å². The van der Waals surface area contributed by atoms with Crippen LogP contribution in [0.5, 0.6) is 0 Å². The number of benzene rings is 2. The molecule has 1 heterocycles. The van der Waals surface area contributed by atoms with E-state index >= 15 is 0 Å². The van der Waals surface area contributed by atoms with E-state index in [4.69, 9.17) is 11.6 Å². The molecule has 3 aromatic rings. The van der Waals surface area contributed by atoms with Gasteiger partial charge in [-0.3, -0.25) is 4.79 Å². The fourth-order valence-electron chi connectivity index (χ4n) is 2.26. The van der Waals surface area contributed by atoms with E-state index in [-0.39, 0.29) is 5.91 Å². The minimum atomic E-state index is -0.214. The van der Waals surface area contributed by atoms with Gasteiger partial charge >= 0.3 is 0 Å². The van der Waals surface area contributed by atoms with E-state index in [0.29, 0.717) is 16.4 Å². The minimum Gasteiger partial charge on any atom is -0.340 e. The van der Waals surface area contributed by atoms with Gasteiger partial charge in [-0.25, -0.2) is 4.98 Å². The third-order valence-electron chi connectivity index (χ3n) is 3.55. The lowest BCUT2D eigenvalue weighted by Gasteiger charge is -2.12. The summed E-state index contributed by atoms with van der Waals surface area (Å²) >= 11 is 5.89. The van der Waals surface area contributed by atoms with Crippen LogP contribution >= 0.6 is 11.6 Å². The van der Waals surface area contributed by atoms with Crippen LogP contribution in [0.2, 0.25) is 5.02 Å². The standard InChI is InChI=1S/C19H16ClN3O/c1-13-5-2-3-7-17(13)23-19(24)16-6-4-12-21-18(16)22-15-10-8-14(20)9-11-15/h2-12H,1H3,(H,21,22)(H,23,24). The van der Waals surface area contributed by atoms with Gasteiger partial charge in [0.1, 0.15) is 5.82 Å². The zero-order chi connectivity index (χ0) is 16.9. The Hall–Kier alpha value is -2.85. The van der Waals surface area contributed by atoms with Crippen molar-refractivity contribution in [3.05, 3.63) is 83.0 Å². The number of aromatic nitrogens is 1. The molecule has 0 bridgehead atoms. The van der Waals surface area contributed by atoms with Crippen LogP contribution < -0.4 is 10.6 Å². The minimum absolute atomic E-state index is 0.214. The number of aryl methyl sites for hydroxylation is 1. The number of carbonyl (C=O) groups excluding carboxylic acids is 1. The first-order valence-corrected chi connectivity index (χ1v) is 7.86. The summed E-state index contributed by atoms with van der Waals surface area (Å²) in [5.74, 6) is 0.278. The Kier molecular flexibility index (Phi) is 4.77. The number of pyridine rings is 1. The van der Waals surface area contributed by atoms with Crippen molar-refractivity contribution >= 4 is 34.7 Å². The predicted molar refractivity (Wildman–Crippen MR) is 98.1 cm³/mol. The number of carbonyl (C=O) groups is 1. The highest BCUT2D eigenvalue weighted by molar-refractivity contribution is 6.30. The van der Waals surface area contributed by atoms with Crippen LogP contribution in [0.15, 0.2) is 66.9 Å². The molecule has 24 heavy (non-hydrogen) atoms. The maximum absolute atomic E-state index is 12.6. The Labute approximate surface area is 145 Å². The van der Waals surface area contributed by atoms with Crippen LogP contribution in [-0.2, 0) is 0 Å². The molecule has 0 aliphatic carbocycles. The Bertz CT molecular complexity index is 862. The van der Waals surface area contributed by atoms with E-state index in [0.717, 1.165) is 16.9 Å². The lowest BCUT2D eigenvalue weighted by Crippen LogP contribution is -2.15. The Morgan fingerprint density at radius 3 is 2.50 bits per heavy atom. The Morgan fingerprint density at radius 2 is 1.75 bits per heavy atom. The van der Waals surface area contributed by atoms with Crippen LogP contribution in [0.3, 0.4) is 0 Å². The fraction of sp³-hybridized carbons (Fsp3) is 0.0526. The third kappa shape index (κ3) is 3.73. The van der Waals surface area contributed by atoms with Gasteiger partial charge in [-0.15, -0.1) is 0 Å². The smallest absolute Gasteiger partial charge is 0.259 e. The molecule has 0 aliphatic heterocycles. The van der Waals surface area contributed by atoms with Crippen molar-refractivity contribution in [3.8, 4) is 0 Å². The SMILES string of the molecule is Cc1ccccc1NC(=O)c1cccnc1Nc1ccc(Cl)cc1. The molecule has 3 rings (SSSR count). The summed E-state index contributed by atoms with van der Waals surface area (Å²) in [6.45, 7) is 1.95. The molecule has 0 radical (unpaired) electrons. The second-order valence-corrected chi connectivity index (χ2v) is 5.74. The van der Waals surface area contributed by atoms with E-state index in [9.17, 15) is 4.79 Å². The molecular formula is C19H16ClN3O. The second kappa shape index (κ2) is 7.15. The molecule has 0 unspecified atom stereocenters. The predicted octanol–water partition coefficient (Wildman–Crippen LogP) is 5.04. The lowest BCUT2D eigenvalue weighted by atomic mass is 10.1. The molecule has 0 spiro atoms. The van der Waals surface area contributed by atoms with Crippen molar-refractivity contribution in [2.24, 2.45) is 0 Å². The van der Waals surface area contributed by atoms with E-state index in [2.05, 4.69) is 15.6 Å². The average Bonchev–Trinajstić information content (AvgIpc) is 2.59. The Morgan fingerprint density at radius 1 is 1.00 bits per heavy atom. The summed E-state index contributed by atoms with van der Waals surface area (Å²) in [5.41, 5.74) is 3.06. The molecule has 0 atom stereocenters. The van der Waals surface area contributed by atoms with Gasteiger partial charge in [0.25, 0.3) is 5.91 Å². The van der Waals surface area contributed by atoms with Crippen molar-refractivity contribution in [3.63, 3.8) is 0 Å². The van der Waals surface area contributed by atoms with Crippen molar-refractivity contribution in [2.75, 3.05) is 10.6 Å². The van der Waals surface area contributed by atoms with Crippen LogP contribution in [0.25, 0.3) is 0 Å². The second-order valence-electron chi connectivity index (χ2n) is 5.30. The molecule has 5 heteroatoms. The molecule has 0 saturated carbocycles. The monoisotopic (exact) mass is 337 g/mol. The van der Waals surface area contributed by atoms with Crippen molar-refractivity contribution in [1.29, 1.82) is 0 Å². The maximum atomic E-state index is 12.6. The van der Waals surface area contributed by atoms with E-state index in [1.54, 1.807) is 30.5 Å². The van der Waals surface area contributed by atoms with Gasteiger partial charge in [0.15, 0.2) is 0 Å². The van der Waals surface area contributed by atoms with Crippen molar-refractivity contribution < 1.29 is 4.79 Å². The van der Waals surface area contributed by atoms with Crippen LogP contribution in [0, 0.1) is 6.92 Å². The van der Waals surface area contributed by atoms with Gasteiger partial charge in [-0.2, -0.15) is 0 Å². The fourth-order valence-corrected chi connectivity index (χ4v) is 2.39. The zero-order valence-electron chi connectivity index (χ0n) is 13.1. The molecule has 2 aromatic carbocycles. The summed E-state index contributed by atoms with van der Waals surface area (Å²) < 4.78 is 0. The largest absolute Gasteiger partial charge is 0.340 e. The molecule has 0 fully saturated rings. The van der Waals surface area contributed by atoms with Gasteiger partial charge in [0.2, 0.25) is 0 Å². The molecule has 1 aromatic heterocycles. The zero-order valence-corrected chi connectivity index (χ0v) is 13.8. The molecule has 1 amide bonds. The number of amides is 1. The lowest BCUT2D eigenvalue weighted by molar-refractivity contribution is 0.102. The van der Waals surface area contributed by atoms with Crippen molar-refractivity contribution in [2.45, 2.75) is 6.92 Å². The molecule has 120 valence electrons. The van der Waals surface area contributed by atoms with E-state index in [1.807, 2.05) is 43.3 Å². The highest BCUT2D eigenvalue weighted by Crippen LogP contribution is 2.22. The van der Waals surface area contributed by atoms with Crippen LogP contribution in [0.4, 0.5) is 17.2 Å². The number of hydrogen-bond acceptors (Lipinski definition) is 3. The summed E-state index contributed by atoms with van der Waals surface area (Å²) in [5, 5.41) is 6.72. The number of hydrogen-bond donors (Lipinski definition) is 2. The topological polar surface area (TPSA) is 54.0 Å². The number of rotatable bonds is 4. The van der Waals surface area contributed by atoms with Gasteiger partial charge < -0.3 is 10.6 Å². The molecule has 0 saturated heterocycles. The first-order valence-electron chi connectivity index (χ1n) is 7.48.